The number of halogens is 1. The topological polar surface area (TPSA) is 63.6 Å². The van der Waals surface area contributed by atoms with Gasteiger partial charge >= 0.3 is 0 Å². The van der Waals surface area contributed by atoms with Crippen LogP contribution in [0.5, 0.6) is 11.5 Å². The van der Waals surface area contributed by atoms with Gasteiger partial charge in [-0.15, -0.1) is 5.10 Å². The normalized spacial score (nSPS) is 15.2. The summed E-state index contributed by atoms with van der Waals surface area (Å²) in [6, 6.07) is 7.81. The number of nitrogens with zero attached hydrogens (tertiary/aromatic N) is 5. The van der Waals surface area contributed by atoms with Crippen molar-refractivity contribution in [3.63, 3.8) is 0 Å². The van der Waals surface area contributed by atoms with E-state index in [4.69, 9.17) is 21.1 Å². The number of methoxy groups -OCH3 is 1. The molecule has 0 N–H and O–H groups in total. The van der Waals surface area contributed by atoms with Crippen LogP contribution in [0.4, 0.5) is 0 Å². The predicted molar refractivity (Wildman–Crippen MR) is 127 cm³/mol. The van der Waals surface area contributed by atoms with Crippen LogP contribution in [0.1, 0.15) is 24.6 Å². The Labute approximate surface area is 194 Å². The van der Waals surface area contributed by atoms with Crippen LogP contribution in [0.15, 0.2) is 36.7 Å². The van der Waals surface area contributed by atoms with Crippen LogP contribution >= 0.6 is 11.6 Å². The summed E-state index contributed by atoms with van der Waals surface area (Å²) in [4.78, 5) is 9.07. The summed E-state index contributed by atoms with van der Waals surface area (Å²) in [5.74, 6) is 1.36. The minimum atomic E-state index is 0.361. The lowest BCUT2D eigenvalue weighted by Gasteiger charge is -2.33. The average molecular weight is 456 g/mol. The van der Waals surface area contributed by atoms with Crippen molar-refractivity contribution in [1.82, 2.24) is 25.0 Å². The predicted octanol–water partition coefficient (Wildman–Crippen LogP) is 3.68. The molecule has 0 atom stereocenters. The zero-order valence-electron chi connectivity index (χ0n) is 18.8. The fourth-order valence-electron chi connectivity index (χ4n) is 4.08. The van der Waals surface area contributed by atoms with E-state index in [1.165, 1.54) is 0 Å². The highest BCUT2D eigenvalue weighted by atomic mass is 35.5. The van der Waals surface area contributed by atoms with Gasteiger partial charge in [0.25, 0.3) is 0 Å². The molecule has 7 nitrogen and oxygen atoms in total. The third kappa shape index (κ3) is 5.46. The van der Waals surface area contributed by atoms with E-state index < -0.39 is 0 Å². The molecule has 3 aromatic rings. The summed E-state index contributed by atoms with van der Waals surface area (Å²) < 4.78 is 11.7. The molecule has 0 bridgehead atoms. The first kappa shape index (κ1) is 22.7. The van der Waals surface area contributed by atoms with E-state index in [2.05, 4.69) is 31.9 Å². The summed E-state index contributed by atoms with van der Waals surface area (Å²) in [7, 11) is 1.65. The highest BCUT2D eigenvalue weighted by Crippen LogP contribution is 2.36. The van der Waals surface area contributed by atoms with Crippen LogP contribution in [0, 0.1) is 0 Å². The van der Waals surface area contributed by atoms with E-state index in [0.717, 1.165) is 67.7 Å². The maximum absolute atomic E-state index is 6.40. The molecule has 0 amide bonds. The number of likely N-dealkylation sites (N-methyl/N-ethyl adjacent to an activating group) is 1. The van der Waals surface area contributed by atoms with Gasteiger partial charge in [0.2, 0.25) is 0 Å². The van der Waals surface area contributed by atoms with Gasteiger partial charge in [-0.2, -0.15) is 5.10 Å². The summed E-state index contributed by atoms with van der Waals surface area (Å²) in [6.07, 6.45) is 5.15. The standard InChI is InChI=1S/C24H30ClN5O2/c1-3-29-10-12-30(13-11-29)9-4-14-32-23-17-20-19(16-22(23)31-2)21(27-28-24(20)25)15-18-5-7-26-8-6-18/h5-8,16-17H,3-4,9-15H2,1-2H3. The van der Waals surface area contributed by atoms with Gasteiger partial charge in [0, 0.05) is 62.3 Å². The number of hydrogen-bond acceptors (Lipinski definition) is 7. The SMILES string of the molecule is CCN1CCN(CCCOc2cc3c(Cl)nnc(Cc4ccncc4)c3cc2OC)CC1. The maximum Gasteiger partial charge on any atom is 0.161 e. The van der Waals surface area contributed by atoms with Crippen molar-refractivity contribution in [2.45, 2.75) is 19.8 Å². The molecule has 1 aromatic carbocycles. The number of piperazine rings is 1. The average Bonchev–Trinajstić information content (AvgIpc) is 2.84. The maximum atomic E-state index is 6.40. The van der Waals surface area contributed by atoms with Gasteiger partial charge in [0.1, 0.15) is 0 Å². The van der Waals surface area contributed by atoms with E-state index in [1.54, 1.807) is 19.5 Å². The third-order valence-corrected chi connectivity index (χ3v) is 6.28. The smallest absolute Gasteiger partial charge is 0.161 e. The summed E-state index contributed by atoms with van der Waals surface area (Å²) in [5, 5.41) is 10.6. The van der Waals surface area contributed by atoms with Crippen molar-refractivity contribution >= 4 is 22.4 Å². The Morgan fingerprint density at radius 3 is 2.41 bits per heavy atom. The van der Waals surface area contributed by atoms with Crippen molar-refractivity contribution in [1.29, 1.82) is 0 Å². The number of pyridine rings is 1. The number of fused-ring (bicyclic) bond motifs is 1. The van der Waals surface area contributed by atoms with Gasteiger partial charge in [-0.05, 0) is 42.8 Å². The van der Waals surface area contributed by atoms with Crippen LogP contribution in [0.2, 0.25) is 5.15 Å². The molecule has 0 saturated carbocycles. The van der Waals surface area contributed by atoms with E-state index >= 15 is 0 Å². The van der Waals surface area contributed by atoms with E-state index in [-0.39, 0.29) is 0 Å². The first-order valence-corrected chi connectivity index (χ1v) is 11.5. The minimum Gasteiger partial charge on any atom is -0.493 e. The molecule has 4 rings (SSSR count). The molecular formula is C24H30ClN5O2. The Kier molecular flexibility index (Phi) is 7.73. The van der Waals surface area contributed by atoms with E-state index in [9.17, 15) is 0 Å². The fourth-order valence-corrected chi connectivity index (χ4v) is 4.27. The molecule has 3 heterocycles. The second kappa shape index (κ2) is 10.9. The molecule has 32 heavy (non-hydrogen) atoms. The van der Waals surface area contributed by atoms with Gasteiger partial charge in [-0.1, -0.05) is 18.5 Å². The van der Waals surface area contributed by atoms with Crippen LogP contribution in [-0.2, 0) is 6.42 Å². The second-order valence-corrected chi connectivity index (χ2v) is 8.35. The monoisotopic (exact) mass is 455 g/mol. The molecule has 0 aliphatic carbocycles. The van der Waals surface area contributed by atoms with E-state index in [0.29, 0.717) is 29.7 Å². The Morgan fingerprint density at radius 2 is 1.69 bits per heavy atom. The van der Waals surface area contributed by atoms with Gasteiger partial charge < -0.3 is 19.3 Å². The van der Waals surface area contributed by atoms with Crippen molar-refractivity contribution < 1.29 is 9.47 Å². The molecule has 0 unspecified atom stereocenters. The Hall–Kier alpha value is -2.48. The molecule has 170 valence electrons. The second-order valence-electron chi connectivity index (χ2n) is 8.00. The molecule has 1 saturated heterocycles. The molecule has 1 aliphatic heterocycles. The number of rotatable bonds is 9. The summed E-state index contributed by atoms with van der Waals surface area (Å²) in [5.41, 5.74) is 1.95. The summed E-state index contributed by atoms with van der Waals surface area (Å²) in [6.45, 7) is 9.57. The molecule has 1 aliphatic rings. The highest BCUT2D eigenvalue weighted by Gasteiger charge is 2.16. The number of ether oxygens (including phenoxy) is 2. The minimum absolute atomic E-state index is 0.361. The Balaban J connectivity index is 1.44. The van der Waals surface area contributed by atoms with Crippen LogP contribution < -0.4 is 9.47 Å². The molecule has 8 heteroatoms. The number of aromatic nitrogens is 3. The first-order chi connectivity index (χ1) is 15.7. The third-order valence-electron chi connectivity index (χ3n) is 6.00. The largest absolute Gasteiger partial charge is 0.493 e. The number of hydrogen-bond donors (Lipinski definition) is 0. The van der Waals surface area contributed by atoms with Crippen molar-refractivity contribution in [3.05, 3.63) is 53.1 Å². The molecule has 2 aromatic heterocycles. The van der Waals surface area contributed by atoms with Crippen LogP contribution in [0.25, 0.3) is 10.8 Å². The lowest BCUT2D eigenvalue weighted by atomic mass is 10.0. The first-order valence-electron chi connectivity index (χ1n) is 11.2. The quantitative estimate of drug-likeness (QED) is 0.456. The van der Waals surface area contributed by atoms with Crippen LogP contribution in [-0.4, -0.2) is 78.0 Å². The summed E-state index contributed by atoms with van der Waals surface area (Å²) >= 11 is 6.40. The molecular weight excluding hydrogens is 426 g/mol. The van der Waals surface area contributed by atoms with Crippen LogP contribution in [0.3, 0.4) is 0 Å². The molecule has 0 spiro atoms. The van der Waals surface area contributed by atoms with Crippen molar-refractivity contribution in [2.24, 2.45) is 0 Å². The molecule has 0 radical (unpaired) electrons. The van der Waals surface area contributed by atoms with Crippen molar-refractivity contribution in [2.75, 3.05) is 53.0 Å². The van der Waals surface area contributed by atoms with Gasteiger partial charge in [-0.3, -0.25) is 4.98 Å². The van der Waals surface area contributed by atoms with Gasteiger partial charge in [-0.25, -0.2) is 0 Å². The zero-order valence-corrected chi connectivity index (χ0v) is 19.5. The Bertz CT molecular complexity index is 1030. The number of benzene rings is 1. The highest BCUT2D eigenvalue weighted by molar-refractivity contribution is 6.34. The lowest BCUT2D eigenvalue weighted by Crippen LogP contribution is -2.46. The zero-order chi connectivity index (χ0) is 22.3. The van der Waals surface area contributed by atoms with Crippen molar-refractivity contribution in [3.8, 4) is 11.5 Å². The molecule has 1 fully saturated rings. The van der Waals surface area contributed by atoms with Gasteiger partial charge in [0.05, 0.1) is 19.4 Å². The van der Waals surface area contributed by atoms with Gasteiger partial charge in [0.15, 0.2) is 16.7 Å². The Morgan fingerprint density at radius 1 is 0.969 bits per heavy atom. The van der Waals surface area contributed by atoms with E-state index in [1.807, 2.05) is 24.3 Å². The lowest BCUT2D eigenvalue weighted by molar-refractivity contribution is 0.130. The fraction of sp³-hybridized carbons (Fsp3) is 0.458.